The van der Waals surface area contributed by atoms with E-state index in [1.807, 2.05) is 12.1 Å². The summed E-state index contributed by atoms with van der Waals surface area (Å²) >= 11 is 4.18. The zero-order valence-corrected chi connectivity index (χ0v) is 18.1. The van der Waals surface area contributed by atoms with Crippen LogP contribution in [0.5, 0.6) is 0 Å². The van der Waals surface area contributed by atoms with Crippen LogP contribution in [-0.2, 0) is 22.5 Å². The molecular weight excluding hydrogens is 384 g/mol. The first-order chi connectivity index (χ1) is 14.2. The molecule has 1 fully saturated rings. The lowest BCUT2D eigenvalue weighted by atomic mass is 9.83. The summed E-state index contributed by atoms with van der Waals surface area (Å²) in [5, 5.41) is 1.83. The Morgan fingerprint density at radius 3 is 2.90 bits per heavy atom. The third kappa shape index (κ3) is 4.71. The summed E-state index contributed by atoms with van der Waals surface area (Å²) < 4.78 is 14.9. The quantitative estimate of drug-likeness (QED) is 0.599. The number of hydrogen-bond acceptors (Lipinski definition) is 5. The normalized spacial score (nSPS) is 21.2. The predicted molar refractivity (Wildman–Crippen MR) is 119 cm³/mol. The fourth-order valence-electron chi connectivity index (χ4n) is 5.03. The van der Waals surface area contributed by atoms with Crippen LogP contribution in [0, 0.1) is 18.8 Å². The van der Waals surface area contributed by atoms with Crippen LogP contribution in [-0.4, -0.2) is 30.8 Å². The number of hydrogen-bond donors (Lipinski definition) is 3. The van der Waals surface area contributed by atoms with Crippen LogP contribution >= 0.6 is 12.8 Å². The Morgan fingerprint density at radius 2 is 2.10 bits per heavy atom. The van der Waals surface area contributed by atoms with E-state index in [0.29, 0.717) is 12.5 Å². The number of benzene rings is 1. The average Bonchev–Trinajstić information content (AvgIpc) is 2.74. The number of aryl methyl sites for hydroxylation is 1. The van der Waals surface area contributed by atoms with E-state index in [1.165, 1.54) is 19.3 Å². The van der Waals surface area contributed by atoms with Gasteiger partial charge in [0, 0.05) is 42.8 Å². The lowest BCUT2D eigenvalue weighted by Gasteiger charge is -2.33. The minimum absolute atomic E-state index is 0.0129. The molecule has 2 unspecified atom stereocenters. The van der Waals surface area contributed by atoms with Gasteiger partial charge >= 0.3 is 0 Å². The number of aromatic amines is 1. The Bertz CT molecular complexity index is 892. The second-order valence-electron chi connectivity index (χ2n) is 8.55. The highest BCUT2D eigenvalue weighted by Crippen LogP contribution is 2.33. The number of nitrogens with one attached hydrogen (secondary N) is 2. The van der Waals surface area contributed by atoms with Crippen LogP contribution in [0.3, 0.4) is 0 Å². The number of H-pyrrole nitrogens is 1. The number of rotatable bonds is 7. The van der Waals surface area contributed by atoms with Crippen molar-refractivity contribution in [1.82, 2.24) is 9.71 Å². The molecule has 3 heterocycles. The average molecular weight is 417 g/mol. The standard InChI is InChI=1S/C23H32N2O3S/c1-15-3-2-4-18-22(15)19-14-28-21(13-20(19)25-23(18)26)17(7-10-24-29)6-5-16-8-11-27-12-9-16/h2-4,16-17,21,24,29H,5-14H2,1H3,(H,25,26). The molecule has 1 saturated heterocycles. The van der Waals surface area contributed by atoms with Gasteiger partial charge in [0.15, 0.2) is 0 Å². The second kappa shape index (κ2) is 9.65. The first-order valence-corrected chi connectivity index (χ1v) is 11.3. The second-order valence-corrected chi connectivity index (χ2v) is 8.87. The summed E-state index contributed by atoms with van der Waals surface area (Å²) in [6, 6.07) is 5.92. The molecule has 4 rings (SSSR count). The van der Waals surface area contributed by atoms with Gasteiger partial charge in [-0.25, -0.2) is 0 Å². The van der Waals surface area contributed by atoms with Crippen molar-refractivity contribution in [3.8, 4) is 0 Å². The van der Waals surface area contributed by atoms with E-state index in [9.17, 15) is 4.79 Å². The zero-order valence-electron chi connectivity index (χ0n) is 17.2. The van der Waals surface area contributed by atoms with Crippen molar-refractivity contribution in [3.63, 3.8) is 0 Å². The van der Waals surface area contributed by atoms with Crippen LogP contribution in [0.2, 0.25) is 0 Å². The molecule has 1 aromatic heterocycles. The maximum absolute atomic E-state index is 12.7. The molecule has 0 bridgehead atoms. The van der Waals surface area contributed by atoms with Crippen molar-refractivity contribution in [2.45, 2.75) is 58.2 Å². The molecule has 29 heavy (non-hydrogen) atoms. The first-order valence-electron chi connectivity index (χ1n) is 10.9. The summed E-state index contributed by atoms with van der Waals surface area (Å²) in [6.45, 7) is 5.30. The Balaban J connectivity index is 1.53. The smallest absolute Gasteiger partial charge is 0.256 e. The molecule has 2 aromatic rings. The molecule has 0 radical (unpaired) electrons. The molecule has 2 aliphatic heterocycles. The highest BCUT2D eigenvalue weighted by atomic mass is 32.1. The largest absolute Gasteiger partial charge is 0.381 e. The van der Waals surface area contributed by atoms with E-state index >= 15 is 0 Å². The summed E-state index contributed by atoms with van der Waals surface area (Å²) in [7, 11) is 0. The third-order valence-corrected chi connectivity index (χ3v) is 6.96. The molecular formula is C23H32N2O3S. The molecule has 158 valence electrons. The number of pyridine rings is 1. The predicted octanol–water partition coefficient (Wildman–Crippen LogP) is 3.93. The van der Waals surface area contributed by atoms with E-state index in [1.54, 1.807) is 0 Å². The van der Waals surface area contributed by atoms with Gasteiger partial charge in [0.2, 0.25) is 0 Å². The van der Waals surface area contributed by atoms with E-state index in [-0.39, 0.29) is 11.7 Å². The topological polar surface area (TPSA) is 63.4 Å². The first kappa shape index (κ1) is 20.9. The van der Waals surface area contributed by atoms with E-state index in [0.717, 1.165) is 72.5 Å². The molecule has 2 aliphatic rings. The van der Waals surface area contributed by atoms with Crippen molar-refractivity contribution in [3.05, 3.63) is 45.4 Å². The van der Waals surface area contributed by atoms with Crippen LogP contribution in [0.25, 0.3) is 10.8 Å². The summed E-state index contributed by atoms with van der Waals surface area (Å²) in [5.74, 6) is 1.22. The molecule has 0 saturated carbocycles. The fourth-order valence-corrected chi connectivity index (χ4v) is 5.16. The fraction of sp³-hybridized carbons (Fsp3) is 0.609. The van der Waals surface area contributed by atoms with Crippen molar-refractivity contribution in [1.29, 1.82) is 0 Å². The van der Waals surface area contributed by atoms with Crippen LogP contribution in [0.4, 0.5) is 0 Å². The number of aromatic nitrogens is 1. The van der Waals surface area contributed by atoms with Gasteiger partial charge < -0.3 is 14.5 Å². The van der Waals surface area contributed by atoms with Crippen LogP contribution in [0.15, 0.2) is 23.0 Å². The minimum atomic E-state index is 0.0129. The maximum atomic E-state index is 12.7. The SMILES string of the molecule is Cc1cccc2c(=O)[nH]c3c(c12)COC(C(CCNS)CCC1CCOCC1)C3. The van der Waals surface area contributed by atoms with Crippen molar-refractivity contribution in [2.75, 3.05) is 19.8 Å². The number of fused-ring (bicyclic) bond motifs is 3. The van der Waals surface area contributed by atoms with Gasteiger partial charge in [-0.2, -0.15) is 0 Å². The maximum Gasteiger partial charge on any atom is 0.256 e. The van der Waals surface area contributed by atoms with E-state index in [4.69, 9.17) is 9.47 Å². The summed E-state index contributed by atoms with van der Waals surface area (Å²) in [6.07, 6.45) is 6.66. The summed E-state index contributed by atoms with van der Waals surface area (Å²) in [4.78, 5) is 15.8. The zero-order chi connectivity index (χ0) is 20.2. The third-order valence-electron chi connectivity index (χ3n) is 6.73. The van der Waals surface area contributed by atoms with Crippen molar-refractivity contribution < 1.29 is 9.47 Å². The molecule has 0 amide bonds. The lowest BCUT2D eigenvalue weighted by molar-refractivity contribution is -0.0184. The van der Waals surface area contributed by atoms with Gasteiger partial charge in [0.25, 0.3) is 5.56 Å². The molecule has 2 N–H and O–H groups in total. The Hall–Kier alpha value is -1.34. The van der Waals surface area contributed by atoms with Gasteiger partial charge in [-0.3, -0.25) is 9.52 Å². The van der Waals surface area contributed by atoms with Gasteiger partial charge in [-0.15, -0.1) is 0 Å². The summed E-state index contributed by atoms with van der Waals surface area (Å²) in [5.41, 5.74) is 3.37. The Kier molecular flexibility index (Phi) is 6.96. The number of ether oxygens (including phenoxy) is 2. The molecule has 2 atom stereocenters. The van der Waals surface area contributed by atoms with E-state index in [2.05, 4.69) is 35.5 Å². The molecule has 0 aliphatic carbocycles. The van der Waals surface area contributed by atoms with Crippen molar-refractivity contribution in [2.24, 2.45) is 11.8 Å². The van der Waals surface area contributed by atoms with Crippen molar-refractivity contribution >= 4 is 23.6 Å². The molecule has 5 nitrogen and oxygen atoms in total. The van der Waals surface area contributed by atoms with Gasteiger partial charge in [0.05, 0.1) is 12.7 Å². The van der Waals surface area contributed by atoms with Gasteiger partial charge in [-0.1, -0.05) is 24.9 Å². The molecule has 6 heteroatoms. The van der Waals surface area contributed by atoms with Gasteiger partial charge in [0.1, 0.15) is 0 Å². The molecule has 0 spiro atoms. The van der Waals surface area contributed by atoms with Crippen LogP contribution < -0.4 is 10.3 Å². The highest BCUT2D eigenvalue weighted by Gasteiger charge is 2.30. The number of thiol groups is 1. The monoisotopic (exact) mass is 416 g/mol. The lowest BCUT2D eigenvalue weighted by Crippen LogP contribution is -2.34. The highest BCUT2D eigenvalue weighted by molar-refractivity contribution is 7.78. The Labute approximate surface area is 178 Å². The van der Waals surface area contributed by atoms with E-state index < -0.39 is 0 Å². The Morgan fingerprint density at radius 1 is 1.28 bits per heavy atom. The molecule has 1 aromatic carbocycles. The minimum Gasteiger partial charge on any atom is -0.381 e. The van der Waals surface area contributed by atoms with Crippen LogP contribution in [0.1, 0.15) is 48.9 Å². The van der Waals surface area contributed by atoms with Gasteiger partial charge in [-0.05, 0) is 67.9 Å².